The molecule has 2 saturated carbocycles. The van der Waals surface area contributed by atoms with Gasteiger partial charge in [-0.05, 0) is 43.9 Å². The minimum atomic E-state index is -0.213. The highest BCUT2D eigenvalue weighted by atomic mass is 16.5. The van der Waals surface area contributed by atoms with E-state index in [1.165, 1.54) is 12.8 Å². The fourth-order valence-electron chi connectivity index (χ4n) is 3.41. The zero-order chi connectivity index (χ0) is 9.76. The summed E-state index contributed by atoms with van der Waals surface area (Å²) in [6.45, 7) is 2.40. The van der Waals surface area contributed by atoms with Gasteiger partial charge in [-0.25, -0.2) is 0 Å². The van der Waals surface area contributed by atoms with Gasteiger partial charge < -0.3 is 4.74 Å². The summed E-state index contributed by atoms with van der Waals surface area (Å²) in [5, 5.41) is 0. The fraction of sp³-hybridized carbons (Fsp3) is 0.750. The second kappa shape index (κ2) is 2.62. The third-order valence-electron chi connectivity index (χ3n) is 4.24. The minimum Gasteiger partial charge on any atom is -0.465 e. The van der Waals surface area contributed by atoms with E-state index >= 15 is 0 Å². The molecule has 2 bridgehead atoms. The lowest BCUT2D eigenvalue weighted by Gasteiger charge is -2.39. The Balaban J connectivity index is 1.91. The summed E-state index contributed by atoms with van der Waals surface area (Å²) in [6.07, 6.45) is 7.86. The largest absolute Gasteiger partial charge is 0.465 e. The number of rotatable bonds is 2. The maximum absolute atomic E-state index is 11.9. The molecule has 4 atom stereocenters. The van der Waals surface area contributed by atoms with Crippen molar-refractivity contribution in [1.29, 1.82) is 0 Å². The first-order chi connectivity index (χ1) is 6.78. The summed E-state index contributed by atoms with van der Waals surface area (Å²) in [5.41, 5.74) is -0.213. The molecule has 0 saturated heterocycles. The Bertz CT molecular complexity index is 307. The van der Waals surface area contributed by atoms with E-state index in [2.05, 4.69) is 12.2 Å². The molecule has 76 valence electrons. The number of carbonyl (C=O) groups is 1. The van der Waals surface area contributed by atoms with Gasteiger partial charge in [0.05, 0.1) is 12.0 Å². The molecule has 0 aromatic rings. The van der Waals surface area contributed by atoms with Crippen molar-refractivity contribution >= 4 is 5.97 Å². The lowest BCUT2D eigenvalue weighted by Crippen LogP contribution is -2.40. The zero-order valence-electron chi connectivity index (χ0n) is 8.53. The molecule has 0 aromatic carbocycles. The lowest BCUT2D eigenvalue weighted by atomic mass is 9.65. The average Bonchev–Trinajstić information content (AvgIpc) is 3.00. The van der Waals surface area contributed by atoms with Crippen molar-refractivity contribution in [3.63, 3.8) is 0 Å². The summed E-state index contributed by atoms with van der Waals surface area (Å²) in [6, 6.07) is 0. The van der Waals surface area contributed by atoms with E-state index in [-0.39, 0.29) is 11.4 Å². The Morgan fingerprint density at radius 3 is 3.14 bits per heavy atom. The highest BCUT2D eigenvalue weighted by Gasteiger charge is 2.63. The minimum absolute atomic E-state index is 0.0295. The van der Waals surface area contributed by atoms with E-state index in [0.717, 1.165) is 18.3 Å². The van der Waals surface area contributed by atoms with E-state index in [9.17, 15) is 4.79 Å². The Hall–Kier alpha value is -0.790. The predicted octanol–water partition coefficient (Wildman–Crippen LogP) is 2.15. The van der Waals surface area contributed by atoms with Crippen molar-refractivity contribution in [2.45, 2.75) is 26.2 Å². The van der Waals surface area contributed by atoms with Crippen LogP contribution in [0.2, 0.25) is 0 Å². The molecule has 0 amide bonds. The van der Waals surface area contributed by atoms with Crippen molar-refractivity contribution in [3.05, 3.63) is 12.2 Å². The SMILES string of the molecule is CCOC(=O)C12C=CC(CC1)C1CC12. The first kappa shape index (κ1) is 8.51. The number of allylic oxidation sites excluding steroid dienone is 1. The van der Waals surface area contributed by atoms with Crippen molar-refractivity contribution in [1.82, 2.24) is 0 Å². The zero-order valence-corrected chi connectivity index (χ0v) is 8.53. The van der Waals surface area contributed by atoms with Crippen LogP contribution in [0.4, 0.5) is 0 Å². The average molecular weight is 192 g/mol. The van der Waals surface area contributed by atoms with Gasteiger partial charge in [0.2, 0.25) is 0 Å². The Kier molecular flexibility index (Phi) is 1.59. The van der Waals surface area contributed by atoms with E-state index in [0.29, 0.717) is 12.5 Å². The van der Waals surface area contributed by atoms with Gasteiger partial charge in [0.15, 0.2) is 0 Å². The number of ether oxygens (including phenoxy) is 1. The topological polar surface area (TPSA) is 26.3 Å². The molecule has 0 spiro atoms. The monoisotopic (exact) mass is 192 g/mol. The molecule has 2 heteroatoms. The number of hydrogen-bond donors (Lipinski definition) is 0. The molecule has 0 aromatic heterocycles. The van der Waals surface area contributed by atoms with Gasteiger partial charge in [0, 0.05) is 0 Å². The highest BCUT2D eigenvalue weighted by Crippen LogP contribution is 2.65. The van der Waals surface area contributed by atoms with Gasteiger partial charge in [0.1, 0.15) is 0 Å². The van der Waals surface area contributed by atoms with Crippen molar-refractivity contribution in [2.24, 2.45) is 23.2 Å². The molecule has 0 heterocycles. The van der Waals surface area contributed by atoms with Crippen LogP contribution in [-0.4, -0.2) is 12.6 Å². The van der Waals surface area contributed by atoms with Gasteiger partial charge in [-0.15, -0.1) is 0 Å². The van der Waals surface area contributed by atoms with Crippen LogP contribution < -0.4 is 0 Å². The van der Waals surface area contributed by atoms with Gasteiger partial charge in [-0.1, -0.05) is 12.2 Å². The summed E-state index contributed by atoms with van der Waals surface area (Å²) in [7, 11) is 0. The standard InChI is InChI=1S/C12H16O2/c1-2-14-11(13)12-5-3-8(4-6-12)9-7-10(9)12/h3,5,8-10H,2,4,6-7H2,1H3. The van der Waals surface area contributed by atoms with Crippen LogP contribution in [0.15, 0.2) is 12.2 Å². The first-order valence-electron chi connectivity index (χ1n) is 5.64. The van der Waals surface area contributed by atoms with Crippen LogP contribution in [0.1, 0.15) is 26.2 Å². The third-order valence-corrected chi connectivity index (χ3v) is 4.24. The molecule has 14 heavy (non-hydrogen) atoms. The van der Waals surface area contributed by atoms with Crippen LogP contribution >= 0.6 is 0 Å². The fourth-order valence-corrected chi connectivity index (χ4v) is 3.41. The highest BCUT2D eigenvalue weighted by molar-refractivity contribution is 5.81. The number of carbonyl (C=O) groups excluding carboxylic acids is 1. The van der Waals surface area contributed by atoms with Crippen LogP contribution in [0.3, 0.4) is 0 Å². The summed E-state index contributed by atoms with van der Waals surface area (Å²) in [5.74, 6) is 2.22. The van der Waals surface area contributed by atoms with E-state index in [1.54, 1.807) is 0 Å². The molecule has 4 aliphatic carbocycles. The number of fused-ring (bicyclic) bond motifs is 1. The van der Waals surface area contributed by atoms with Crippen LogP contribution in [-0.2, 0) is 9.53 Å². The van der Waals surface area contributed by atoms with Gasteiger partial charge in [0.25, 0.3) is 0 Å². The second-order valence-electron chi connectivity index (χ2n) is 4.83. The maximum atomic E-state index is 11.9. The van der Waals surface area contributed by atoms with Crippen molar-refractivity contribution in [3.8, 4) is 0 Å². The first-order valence-corrected chi connectivity index (χ1v) is 5.64. The van der Waals surface area contributed by atoms with Crippen LogP contribution in [0.25, 0.3) is 0 Å². The van der Waals surface area contributed by atoms with Crippen molar-refractivity contribution in [2.75, 3.05) is 6.61 Å². The molecule has 2 nitrogen and oxygen atoms in total. The molecular weight excluding hydrogens is 176 g/mol. The molecule has 4 aliphatic rings. The lowest BCUT2D eigenvalue weighted by molar-refractivity contribution is -0.156. The predicted molar refractivity (Wildman–Crippen MR) is 52.5 cm³/mol. The van der Waals surface area contributed by atoms with Crippen molar-refractivity contribution < 1.29 is 9.53 Å². The third kappa shape index (κ3) is 0.891. The normalized spacial score (nSPS) is 47.4. The molecule has 0 N–H and O–H groups in total. The summed E-state index contributed by atoms with van der Waals surface area (Å²) < 4.78 is 5.21. The Labute approximate surface area is 84.3 Å². The molecule has 0 aliphatic heterocycles. The molecule has 2 fully saturated rings. The Morgan fingerprint density at radius 1 is 1.64 bits per heavy atom. The molecular formula is C12H16O2. The van der Waals surface area contributed by atoms with E-state index in [1.807, 2.05) is 6.92 Å². The molecule has 4 unspecified atom stereocenters. The summed E-state index contributed by atoms with van der Waals surface area (Å²) >= 11 is 0. The summed E-state index contributed by atoms with van der Waals surface area (Å²) in [4.78, 5) is 11.9. The van der Waals surface area contributed by atoms with Gasteiger partial charge >= 0.3 is 5.97 Å². The van der Waals surface area contributed by atoms with E-state index < -0.39 is 0 Å². The number of hydrogen-bond acceptors (Lipinski definition) is 2. The van der Waals surface area contributed by atoms with Gasteiger partial charge in [-0.2, -0.15) is 0 Å². The molecule has 4 rings (SSSR count). The smallest absolute Gasteiger partial charge is 0.316 e. The quantitative estimate of drug-likeness (QED) is 0.495. The number of esters is 1. The Morgan fingerprint density at radius 2 is 2.50 bits per heavy atom. The second-order valence-corrected chi connectivity index (χ2v) is 4.83. The van der Waals surface area contributed by atoms with E-state index in [4.69, 9.17) is 4.74 Å². The van der Waals surface area contributed by atoms with Crippen LogP contribution in [0.5, 0.6) is 0 Å². The van der Waals surface area contributed by atoms with Gasteiger partial charge in [-0.3, -0.25) is 4.79 Å². The maximum Gasteiger partial charge on any atom is 0.316 e. The molecule has 0 radical (unpaired) electrons. The van der Waals surface area contributed by atoms with Crippen LogP contribution in [0, 0.1) is 23.2 Å².